The van der Waals surface area contributed by atoms with Gasteiger partial charge in [-0.05, 0) is 97.7 Å². The van der Waals surface area contributed by atoms with Crippen molar-refractivity contribution in [2.45, 2.75) is 111 Å². The van der Waals surface area contributed by atoms with E-state index in [4.69, 9.17) is 4.74 Å². The minimum atomic E-state index is 0.472. The Kier molecular flexibility index (Phi) is 6.29. The van der Waals surface area contributed by atoms with Crippen molar-refractivity contribution in [2.24, 2.45) is 46.3 Å². The van der Waals surface area contributed by atoms with Crippen LogP contribution in [0.25, 0.3) is 0 Å². The molecule has 4 rings (SSSR count). The van der Waals surface area contributed by atoms with E-state index in [1.807, 2.05) is 7.11 Å². The Balaban J connectivity index is 1.48. The molecule has 0 amide bonds. The third-order valence-corrected chi connectivity index (χ3v) is 10.6. The second kappa shape index (κ2) is 8.33. The van der Waals surface area contributed by atoms with Crippen LogP contribution in [0.2, 0.25) is 0 Å². The van der Waals surface area contributed by atoms with Crippen LogP contribution in [0.15, 0.2) is 11.6 Å². The topological polar surface area (TPSA) is 9.23 Å². The Morgan fingerprint density at radius 3 is 2.52 bits per heavy atom. The maximum atomic E-state index is 5.75. The van der Waals surface area contributed by atoms with Crippen molar-refractivity contribution in [2.75, 3.05) is 7.11 Å². The van der Waals surface area contributed by atoms with Crippen LogP contribution in [0.3, 0.4) is 0 Å². The van der Waals surface area contributed by atoms with Gasteiger partial charge in [-0.25, -0.2) is 0 Å². The molecule has 166 valence electrons. The van der Waals surface area contributed by atoms with Gasteiger partial charge in [0.1, 0.15) is 0 Å². The van der Waals surface area contributed by atoms with E-state index < -0.39 is 0 Å². The molecule has 4 aliphatic rings. The van der Waals surface area contributed by atoms with Crippen molar-refractivity contribution in [3.8, 4) is 0 Å². The Bertz CT molecular complexity index is 605. The Hall–Kier alpha value is -0.300. The summed E-state index contributed by atoms with van der Waals surface area (Å²) in [5.74, 6) is 5.63. The molecular formula is C28H48O. The SMILES string of the molecule is CO[C@H]1CC[C@@]2(C)C(=CC[C@H]3[C@@H]4CC[C@H]([C@@H](C)CCCC(C)C)[C@@]4(C)CC[C@@H]32)C1. The second-order valence-corrected chi connectivity index (χ2v) is 12.4. The van der Waals surface area contributed by atoms with Crippen LogP contribution in [-0.2, 0) is 4.74 Å². The Labute approximate surface area is 181 Å². The number of ether oxygens (including phenoxy) is 1. The fourth-order valence-electron chi connectivity index (χ4n) is 8.85. The van der Waals surface area contributed by atoms with E-state index in [1.54, 1.807) is 5.57 Å². The van der Waals surface area contributed by atoms with E-state index in [0.29, 0.717) is 16.9 Å². The molecular weight excluding hydrogens is 352 g/mol. The van der Waals surface area contributed by atoms with Crippen molar-refractivity contribution in [1.29, 1.82) is 0 Å². The molecule has 0 aromatic rings. The molecule has 4 aliphatic carbocycles. The third-order valence-electron chi connectivity index (χ3n) is 10.6. The first-order valence-corrected chi connectivity index (χ1v) is 13.0. The first-order valence-electron chi connectivity index (χ1n) is 13.0. The molecule has 0 radical (unpaired) electrons. The minimum Gasteiger partial charge on any atom is -0.381 e. The van der Waals surface area contributed by atoms with Crippen molar-refractivity contribution >= 4 is 0 Å². The molecule has 3 fully saturated rings. The first-order chi connectivity index (χ1) is 13.8. The molecule has 0 aromatic heterocycles. The molecule has 29 heavy (non-hydrogen) atoms. The van der Waals surface area contributed by atoms with Crippen molar-refractivity contribution in [3.63, 3.8) is 0 Å². The molecule has 0 unspecified atom stereocenters. The van der Waals surface area contributed by atoms with Gasteiger partial charge >= 0.3 is 0 Å². The largest absolute Gasteiger partial charge is 0.381 e. The molecule has 0 aliphatic heterocycles. The second-order valence-electron chi connectivity index (χ2n) is 12.4. The predicted molar refractivity (Wildman–Crippen MR) is 124 cm³/mol. The smallest absolute Gasteiger partial charge is 0.0608 e. The number of rotatable bonds is 6. The number of methoxy groups -OCH3 is 1. The van der Waals surface area contributed by atoms with Gasteiger partial charge in [0.15, 0.2) is 0 Å². The molecule has 0 bridgehead atoms. The van der Waals surface area contributed by atoms with Crippen LogP contribution in [0.1, 0.15) is 105 Å². The van der Waals surface area contributed by atoms with Gasteiger partial charge in [-0.3, -0.25) is 0 Å². The molecule has 0 saturated heterocycles. The maximum absolute atomic E-state index is 5.75. The van der Waals surface area contributed by atoms with E-state index in [9.17, 15) is 0 Å². The predicted octanol–water partition coefficient (Wildman–Crippen LogP) is 8.04. The molecule has 0 N–H and O–H groups in total. The summed E-state index contributed by atoms with van der Waals surface area (Å²) in [6, 6.07) is 0. The zero-order valence-electron chi connectivity index (χ0n) is 20.3. The van der Waals surface area contributed by atoms with E-state index >= 15 is 0 Å². The summed E-state index contributed by atoms with van der Waals surface area (Å²) in [6.45, 7) is 12.7. The van der Waals surface area contributed by atoms with Crippen molar-refractivity contribution in [3.05, 3.63) is 11.6 Å². The summed E-state index contributed by atoms with van der Waals surface area (Å²) in [5.41, 5.74) is 2.85. The van der Waals surface area contributed by atoms with Gasteiger partial charge in [-0.15, -0.1) is 0 Å². The van der Waals surface area contributed by atoms with E-state index in [-0.39, 0.29) is 0 Å². The monoisotopic (exact) mass is 400 g/mol. The van der Waals surface area contributed by atoms with Gasteiger partial charge in [0.05, 0.1) is 6.10 Å². The highest BCUT2D eigenvalue weighted by Gasteiger charge is 2.59. The van der Waals surface area contributed by atoms with Crippen LogP contribution in [0, 0.1) is 46.3 Å². The lowest BCUT2D eigenvalue weighted by atomic mass is 9.47. The van der Waals surface area contributed by atoms with E-state index in [2.05, 4.69) is 40.7 Å². The molecule has 0 aromatic carbocycles. The highest BCUT2D eigenvalue weighted by Crippen LogP contribution is 2.67. The van der Waals surface area contributed by atoms with Crippen molar-refractivity contribution in [1.82, 2.24) is 0 Å². The van der Waals surface area contributed by atoms with E-state index in [1.165, 1.54) is 70.6 Å². The van der Waals surface area contributed by atoms with Gasteiger partial charge in [0, 0.05) is 7.11 Å². The highest BCUT2D eigenvalue weighted by molar-refractivity contribution is 5.25. The Morgan fingerprint density at radius 1 is 1.00 bits per heavy atom. The number of allylic oxidation sites excluding steroid dienone is 1. The standard InChI is InChI=1S/C28H48O/c1-19(2)8-7-9-20(3)24-12-13-25-23-11-10-21-18-22(29-6)14-16-27(21,4)26(23)15-17-28(24,25)5/h10,19-20,22-26H,7-9,11-18H2,1-6H3/t20-,22-,23-,24+,25-,26-,27-,28+/m0/s1. The maximum Gasteiger partial charge on any atom is 0.0608 e. The lowest BCUT2D eigenvalue weighted by Crippen LogP contribution is -2.50. The summed E-state index contributed by atoms with van der Waals surface area (Å²) >= 11 is 0. The van der Waals surface area contributed by atoms with Gasteiger partial charge < -0.3 is 4.74 Å². The van der Waals surface area contributed by atoms with Gasteiger partial charge in [0.2, 0.25) is 0 Å². The van der Waals surface area contributed by atoms with Crippen LogP contribution in [0.4, 0.5) is 0 Å². The number of hydrogen-bond acceptors (Lipinski definition) is 1. The lowest BCUT2D eigenvalue weighted by Gasteiger charge is -2.58. The van der Waals surface area contributed by atoms with Gasteiger partial charge in [-0.2, -0.15) is 0 Å². The van der Waals surface area contributed by atoms with Crippen molar-refractivity contribution < 1.29 is 4.74 Å². The fraction of sp³-hybridized carbons (Fsp3) is 0.929. The van der Waals surface area contributed by atoms with Crippen LogP contribution in [-0.4, -0.2) is 13.2 Å². The fourth-order valence-corrected chi connectivity index (χ4v) is 8.85. The Morgan fingerprint density at radius 2 is 1.79 bits per heavy atom. The molecule has 1 nitrogen and oxygen atoms in total. The zero-order valence-corrected chi connectivity index (χ0v) is 20.3. The van der Waals surface area contributed by atoms with Crippen LogP contribution >= 0.6 is 0 Å². The average molecular weight is 401 g/mol. The van der Waals surface area contributed by atoms with Crippen LogP contribution in [0.5, 0.6) is 0 Å². The normalized spacial score (nSPS) is 45.3. The summed E-state index contributed by atoms with van der Waals surface area (Å²) in [4.78, 5) is 0. The molecule has 0 spiro atoms. The lowest BCUT2D eigenvalue weighted by molar-refractivity contribution is -0.0601. The summed E-state index contributed by atoms with van der Waals surface area (Å²) < 4.78 is 5.75. The third kappa shape index (κ3) is 3.77. The van der Waals surface area contributed by atoms with Gasteiger partial charge in [-0.1, -0.05) is 65.5 Å². The summed E-state index contributed by atoms with van der Waals surface area (Å²) in [7, 11) is 1.91. The summed E-state index contributed by atoms with van der Waals surface area (Å²) in [5, 5.41) is 0. The minimum absolute atomic E-state index is 0.472. The van der Waals surface area contributed by atoms with Gasteiger partial charge in [0.25, 0.3) is 0 Å². The first kappa shape index (κ1) is 21.9. The molecule has 8 atom stereocenters. The van der Waals surface area contributed by atoms with Crippen LogP contribution < -0.4 is 0 Å². The average Bonchev–Trinajstić information content (AvgIpc) is 3.04. The summed E-state index contributed by atoms with van der Waals surface area (Å²) in [6.07, 6.45) is 18.7. The quantitative estimate of drug-likeness (QED) is 0.410. The van der Waals surface area contributed by atoms with E-state index in [0.717, 1.165) is 35.5 Å². The molecule has 3 saturated carbocycles. The zero-order chi connectivity index (χ0) is 20.8. The number of fused-ring (bicyclic) bond motifs is 5. The highest BCUT2D eigenvalue weighted by atomic mass is 16.5. The number of hydrogen-bond donors (Lipinski definition) is 0. The molecule has 0 heterocycles. The molecule has 1 heteroatoms.